The van der Waals surface area contributed by atoms with Crippen molar-refractivity contribution in [3.63, 3.8) is 0 Å². The van der Waals surface area contributed by atoms with Crippen LogP contribution in [0.4, 0.5) is 5.69 Å². The van der Waals surface area contributed by atoms with Gasteiger partial charge in [0.2, 0.25) is 0 Å². The van der Waals surface area contributed by atoms with Crippen molar-refractivity contribution in [2.45, 2.75) is 20.5 Å². The minimum Gasteiger partial charge on any atom is -0.406 e. The summed E-state index contributed by atoms with van der Waals surface area (Å²) in [5.41, 5.74) is 3.19. The summed E-state index contributed by atoms with van der Waals surface area (Å²) in [6.07, 6.45) is 1.51. The van der Waals surface area contributed by atoms with Crippen molar-refractivity contribution in [1.82, 2.24) is 4.73 Å². The van der Waals surface area contributed by atoms with Gasteiger partial charge in [-0.2, -0.15) is 4.73 Å². The van der Waals surface area contributed by atoms with Crippen LogP contribution in [0.2, 0.25) is 0 Å². The van der Waals surface area contributed by atoms with Crippen molar-refractivity contribution in [2.24, 2.45) is 0 Å². The number of rotatable bonds is 5. The summed E-state index contributed by atoms with van der Waals surface area (Å²) < 4.78 is 1.10. The van der Waals surface area contributed by atoms with E-state index in [4.69, 9.17) is 4.84 Å². The smallest absolute Gasteiger partial charge is 0.295 e. The van der Waals surface area contributed by atoms with Crippen LogP contribution in [0.3, 0.4) is 0 Å². The van der Waals surface area contributed by atoms with Crippen LogP contribution in [0.15, 0.2) is 71.7 Å². The first-order valence-electron chi connectivity index (χ1n) is 8.32. The van der Waals surface area contributed by atoms with Crippen molar-refractivity contribution in [1.29, 1.82) is 0 Å². The van der Waals surface area contributed by atoms with E-state index in [1.54, 1.807) is 12.1 Å². The first kappa shape index (κ1) is 17.5. The lowest BCUT2D eigenvalue weighted by atomic mass is 10.1. The van der Waals surface area contributed by atoms with E-state index in [-0.39, 0.29) is 12.2 Å². The Morgan fingerprint density at radius 2 is 1.65 bits per heavy atom. The summed E-state index contributed by atoms with van der Waals surface area (Å²) in [5.74, 6) is -0.460. The maximum atomic E-state index is 12.6. The number of hydrogen-bond donors (Lipinski definition) is 1. The van der Waals surface area contributed by atoms with Crippen molar-refractivity contribution in [3.8, 4) is 0 Å². The molecule has 0 unspecified atom stereocenters. The van der Waals surface area contributed by atoms with Crippen LogP contribution in [0, 0.1) is 13.8 Å². The Morgan fingerprint density at radius 3 is 2.38 bits per heavy atom. The van der Waals surface area contributed by atoms with E-state index in [1.807, 2.05) is 56.3 Å². The third kappa shape index (κ3) is 3.83. The molecule has 5 nitrogen and oxygen atoms in total. The second kappa shape index (κ2) is 7.70. The summed E-state index contributed by atoms with van der Waals surface area (Å²) in [7, 11) is 0. The second-order valence-corrected chi connectivity index (χ2v) is 6.02. The van der Waals surface area contributed by atoms with E-state index in [9.17, 15) is 9.59 Å². The third-order valence-corrected chi connectivity index (χ3v) is 4.17. The summed E-state index contributed by atoms with van der Waals surface area (Å²) >= 11 is 0. The van der Waals surface area contributed by atoms with E-state index >= 15 is 0 Å². The van der Waals surface area contributed by atoms with E-state index in [0.29, 0.717) is 5.69 Å². The molecular formula is C21H20N2O3. The molecule has 0 spiro atoms. The average Bonchev–Trinajstić information content (AvgIpc) is 2.64. The lowest BCUT2D eigenvalue weighted by Gasteiger charge is -2.12. The number of nitrogens with one attached hydrogen (secondary N) is 1. The molecule has 1 aromatic heterocycles. The molecule has 132 valence electrons. The molecule has 0 saturated heterocycles. The van der Waals surface area contributed by atoms with Crippen LogP contribution in [-0.4, -0.2) is 10.6 Å². The molecule has 3 aromatic rings. The van der Waals surface area contributed by atoms with Crippen molar-refractivity contribution in [2.75, 3.05) is 5.32 Å². The first-order chi connectivity index (χ1) is 12.6. The monoisotopic (exact) mass is 348 g/mol. The fourth-order valence-electron chi connectivity index (χ4n) is 2.56. The van der Waals surface area contributed by atoms with Gasteiger partial charge in [0.15, 0.2) is 0 Å². The van der Waals surface area contributed by atoms with Crippen LogP contribution in [0.25, 0.3) is 0 Å². The molecule has 0 radical (unpaired) electrons. The molecule has 1 amide bonds. The molecule has 0 aliphatic carbocycles. The number of nitrogens with zero attached hydrogens (tertiary/aromatic N) is 1. The van der Waals surface area contributed by atoms with Gasteiger partial charge in [-0.15, -0.1) is 0 Å². The molecule has 1 heterocycles. The number of carbonyl (C=O) groups is 1. The number of para-hydroxylation sites is 1. The zero-order valence-electron chi connectivity index (χ0n) is 14.7. The van der Waals surface area contributed by atoms with Crippen molar-refractivity contribution >= 4 is 11.6 Å². The second-order valence-electron chi connectivity index (χ2n) is 6.02. The molecule has 0 aliphatic rings. The number of benzene rings is 2. The molecule has 0 saturated carbocycles. The SMILES string of the molecule is Cc1ccccc1COn1cccc(C(=O)Nc2ccccc2C)c1=O. The highest BCUT2D eigenvalue weighted by atomic mass is 16.7. The van der Waals surface area contributed by atoms with Gasteiger partial charge in [-0.1, -0.05) is 42.5 Å². The van der Waals surface area contributed by atoms with Crippen LogP contribution < -0.4 is 15.7 Å². The standard InChI is InChI=1S/C21H20N2O3/c1-15-8-3-5-10-17(15)14-26-23-13-7-11-18(21(23)25)20(24)22-19-12-6-4-9-16(19)2/h3-13H,14H2,1-2H3,(H,22,24). The lowest BCUT2D eigenvalue weighted by Crippen LogP contribution is -2.32. The zero-order valence-corrected chi connectivity index (χ0v) is 14.7. The highest BCUT2D eigenvalue weighted by molar-refractivity contribution is 6.04. The predicted molar refractivity (Wildman–Crippen MR) is 101 cm³/mol. The molecular weight excluding hydrogens is 328 g/mol. The molecule has 3 rings (SSSR count). The Labute approximate surface area is 151 Å². The Balaban J connectivity index is 1.79. The van der Waals surface area contributed by atoms with Crippen LogP contribution in [0.1, 0.15) is 27.0 Å². The number of amides is 1. The van der Waals surface area contributed by atoms with E-state index in [1.165, 1.54) is 12.3 Å². The van der Waals surface area contributed by atoms with Gasteiger partial charge in [0, 0.05) is 11.9 Å². The summed E-state index contributed by atoms with van der Waals surface area (Å²) in [4.78, 5) is 30.6. The highest BCUT2D eigenvalue weighted by Crippen LogP contribution is 2.14. The Bertz CT molecular complexity index is 992. The van der Waals surface area contributed by atoms with E-state index in [0.717, 1.165) is 21.4 Å². The molecule has 0 fully saturated rings. The van der Waals surface area contributed by atoms with Gasteiger partial charge in [0.1, 0.15) is 12.2 Å². The fourth-order valence-corrected chi connectivity index (χ4v) is 2.56. The normalized spacial score (nSPS) is 10.4. The lowest BCUT2D eigenvalue weighted by molar-refractivity contribution is 0.0861. The number of aromatic nitrogens is 1. The average molecular weight is 348 g/mol. The first-order valence-corrected chi connectivity index (χ1v) is 8.32. The summed E-state index contributed by atoms with van der Waals surface area (Å²) in [6, 6.07) is 18.3. The maximum absolute atomic E-state index is 12.6. The van der Waals surface area contributed by atoms with E-state index in [2.05, 4.69) is 5.32 Å². The van der Waals surface area contributed by atoms with Gasteiger partial charge < -0.3 is 10.2 Å². The summed E-state index contributed by atoms with van der Waals surface area (Å²) in [5, 5.41) is 2.77. The van der Waals surface area contributed by atoms with E-state index < -0.39 is 11.5 Å². The van der Waals surface area contributed by atoms with Crippen molar-refractivity contribution in [3.05, 3.63) is 99.5 Å². The van der Waals surface area contributed by atoms with Crippen LogP contribution in [-0.2, 0) is 6.61 Å². The van der Waals surface area contributed by atoms with Gasteiger partial charge >= 0.3 is 0 Å². The van der Waals surface area contributed by atoms with Gasteiger partial charge in [0.25, 0.3) is 11.5 Å². The minimum atomic E-state index is -0.493. The van der Waals surface area contributed by atoms with Gasteiger partial charge in [0.05, 0.1) is 0 Å². The molecule has 1 N–H and O–H groups in total. The quantitative estimate of drug-likeness (QED) is 0.769. The molecule has 5 heteroatoms. The van der Waals surface area contributed by atoms with Crippen LogP contribution >= 0.6 is 0 Å². The van der Waals surface area contributed by atoms with Crippen molar-refractivity contribution < 1.29 is 9.63 Å². The number of hydrogen-bond acceptors (Lipinski definition) is 3. The molecule has 0 aliphatic heterocycles. The van der Waals surface area contributed by atoms with Gasteiger partial charge in [-0.25, -0.2) is 0 Å². The Hall–Kier alpha value is -3.34. The molecule has 26 heavy (non-hydrogen) atoms. The van der Waals surface area contributed by atoms with Crippen LogP contribution in [0.5, 0.6) is 0 Å². The zero-order chi connectivity index (χ0) is 18.5. The number of carbonyl (C=O) groups excluding carboxylic acids is 1. The van der Waals surface area contributed by atoms with Gasteiger partial charge in [-0.3, -0.25) is 9.59 Å². The maximum Gasteiger partial charge on any atom is 0.295 e. The minimum absolute atomic E-state index is 0.0283. The number of pyridine rings is 1. The molecule has 0 bridgehead atoms. The topological polar surface area (TPSA) is 60.3 Å². The highest BCUT2D eigenvalue weighted by Gasteiger charge is 2.14. The number of aryl methyl sites for hydroxylation is 2. The number of anilines is 1. The Morgan fingerprint density at radius 1 is 0.962 bits per heavy atom. The Kier molecular flexibility index (Phi) is 5.17. The van der Waals surface area contributed by atoms with Gasteiger partial charge in [-0.05, 0) is 48.7 Å². The predicted octanol–water partition coefficient (Wildman–Crippen LogP) is 3.35. The fraction of sp³-hybridized carbons (Fsp3) is 0.143. The molecule has 0 atom stereocenters. The molecule has 2 aromatic carbocycles. The summed E-state index contributed by atoms with van der Waals surface area (Å²) in [6.45, 7) is 4.12. The third-order valence-electron chi connectivity index (χ3n) is 4.17. The largest absolute Gasteiger partial charge is 0.406 e.